The van der Waals surface area contributed by atoms with E-state index in [1.807, 2.05) is 0 Å². The van der Waals surface area contributed by atoms with Crippen LogP contribution in [0.4, 0.5) is 17.2 Å². The Morgan fingerprint density at radius 3 is 2.52 bits per heavy atom. The van der Waals surface area contributed by atoms with Gasteiger partial charge in [0, 0.05) is 5.02 Å². The van der Waals surface area contributed by atoms with Crippen LogP contribution in [0.15, 0.2) is 42.7 Å². The molecule has 0 bridgehead atoms. The fraction of sp³-hybridized carbons (Fsp3) is 0.190. The molecule has 0 aliphatic carbocycles. The number of hydrogen-bond acceptors (Lipinski definition) is 8. The van der Waals surface area contributed by atoms with Crippen LogP contribution in [0.25, 0.3) is 0 Å². The number of benzene rings is 2. The standard InChI is InChI=1S/C21H19ClN4O5/c1-4-30-21(27)15-7-5-6-8-16(15)25-19-18(26(28)29)20(24-11-23-19)31-14-9-12(2)17(22)13(3)10-14/h5-11H,4H2,1-3H3,(H,23,24,25). The molecule has 0 fully saturated rings. The second kappa shape index (κ2) is 9.40. The van der Waals surface area contributed by atoms with E-state index in [2.05, 4.69) is 15.3 Å². The van der Waals surface area contributed by atoms with Crippen molar-refractivity contribution in [2.24, 2.45) is 0 Å². The van der Waals surface area contributed by atoms with Crippen molar-refractivity contribution in [2.45, 2.75) is 20.8 Å². The van der Waals surface area contributed by atoms with E-state index < -0.39 is 16.6 Å². The summed E-state index contributed by atoms with van der Waals surface area (Å²) in [5.41, 5.74) is 1.55. The highest BCUT2D eigenvalue weighted by atomic mass is 35.5. The maximum Gasteiger partial charge on any atom is 0.373 e. The van der Waals surface area contributed by atoms with Crippen molar-refractivity contribution in [1.29, 1.82) is 0 Å². The Balaban J connectivity index is 2.01. The first kappa shape index (κ1) is 22.0. The van der Waals surface area contributed by atoms with Gasteiger partial charge in [-0.2, -0.15) is 4.98 Å². The summed E-state index contributed by atoms with van der Waals surface area (Å²) in [6.07, 6.45) is 1.13. The van der Waals surface area contributed by atoms with Crippen LogP contribution in [0.3, 0.4) is 0 Å². The van der Waals surface area contributed by atoms with Crippen LogP contribution in [0, 0.1) is 24.0 Å². The largest absolute Gasteiger partial charge is 0.462 e. The lowest BCUT2D eigenvalue weighted by Gasteiger charge is -2.13. The Bertz CT molecular complexity index is 1130. The first-order valence-corrected chi connectivity index (χ1v) is 9.66. The quantitative estimate of drug-likeness (QED) is 0.295. The second-order valence-electron chi connectivity index (χ2n) is 6.50. The van der Waals surface area contributed by atoms with Crippen LogP contribution in [0.2, 0.25) is 5.02 Å². The minimum absolute atomic E-state index is 0.130. The zero-order valence-corrected chi connectivity index (χ0v) is 17.8. The first-order valence-electron chi connectivity index (χ1n) is 9.29. The molecule has 3 aromatic rings. The molecule has 160 valence electrons. The fourth-order valence-corrected chi connectivity index (χ4v) is 2.99. The van der Waals surface area contributed by atoms with Gasteiger partial charge in [-0.3, -0.25) is 10.1 Å². The van der Waals surface area contributed by atoms with Gasteiger partial charge in [0.1, 0.15) is 12.1 Å². The molecule has 0 saturated heterocycles. The summed E-state index contributed by atoms with van der Waals surface area (Å²) < 4.78 is 10.7. The van der Waals surface area contributed by atoms with Gasteiger partial charge in [0.25, 0.3) is 0 Å². The molecule has 0 aliphatic rings. The number of ether oxygens (including phenoxy) is 2. The lowest BCUT2D eigenvalue weighted by atomic mass is 10.1. The molecule has 0 aliphatic heterocycles. The zero-order valence-electron chi connectivity index (χ0n) is 17.0. The van der Waals surface area contributed by atoms with Gasteiger partial charge >= 0.3 is 17.5 Å². The highest BCUT2D eigenvalue weighted by molar-refractivity contribution is 6.32. The van der Waals surface area contributed by atoms with Crippen molar-refractivity contribution >= 4 is 34.8 Å². The zero-order chi connectivity index (χ0) is 22.5. The van der Waals surface area contributed by atoms with Gasteiger partial charge in [-0.15, -0.1) is 0 Å². The van der Waals surface area contributed by atoms with Crippen LogP contribution in [0.1, 0.15) is 28.4 Å². The Morgan fingerprint density at radius 1 is 1.19 bits per heavy atom. The van der Waals surface area contributed by atoms with Crippen LogP contribution < -0.4 is 10.1 Å². The summed E-state index contributed by atoms with van der Waals surface area (Å²) >= 11 is 6.18. The third kappa shape index (κ3) is 4.89. The number of aromatic nitrogens is 2. The average molecular weight is 443 g/mol. The number of anilines is 2. The summed E-state index contributed by atoms with van der Waals surface area (Å²) in [5.74, 6) is -0.601. The molecule has 0 atom stereocenters. The predicted octanol–water partition coefficient (Wildman–Crippen LogP) is 5.37. The Kier molecular flexibility index (Phi) is 6.66. The normalized spacial score (nSPS) is 10.5. The molecule has 31 heavy (non-hydrogen) atoms. The van der Waals surface area contributed by atoms with E-state index in [9.17, 15) is 14.9 Å². The number of hydrogen-bond donors (Lipinski definition) is 1. The summed E-state index contributed by atoms with van der Waals surface area (Å²) in [5, 5.41) is 15.2. The smallest absolute Gasteiger partial charge is 0.373 e. The van der Waals surface area contributed by atoms with E-state index in [-0.39, 0.29) is 23.9 Å². The van der Waals surface area contributed by atoms with Gasteiger partial charge in [-0.1, -0.05) is 23.7 Å². The summed E-state index contributed by atoms with van der Waals surface area (Å²) in [7, 11) is 0. The maximum absolute atomic E-state index is 12.2. The Hall–Kier alpha value is -3.72. The fourth-order valence-electron chi connectivity index (χ4n) is 2.88. The maximum atomic E-state index is 12.2. The molecule has 10 heteroatoms. The molecule has 1 N–H and O–H groups in total. The van der Waals surface area contributed by atoms with Gasteiger partial charge in [0.2, 0.25) is 5.82 Å². The second-order valence-corrected chi connectivity index (χ2v) is 6.88. The SMILES string of the molecule is CCOC(=O)c1ccccc1Nc1ncnc(Oc2cc(C)c(Cl)c(C)c2)c1[N+](=O)[O-]. The van der Waals surface area contributed by atoms with Crippen molar-refractivity contribution in [3.05, 3.63) is 74.6 Å². The van der Waals surface area contributed by atoms with E-state index in [0.29, 0.717) is 16.5 Å². The number of nitrogens with one attached hydrogen (secondary N) is 1. The van der Waals surface area contributed by atoms with Crippen molar-refractivity contribution in [1.82, 2.24) is 9.97 Å². The van der Waals surface area contributed by atoms with Gasteiger partial charge in [0.15, 0.2) is 0 Å². The third-order valence-electron chi connectivity index (χ3n) is 4.27. The summed E-state index contributed by atoms with van der Waals surface area (Å²) in [6, 6.07) is 9.78. The Labute approximate surface area is 183 Å². The van der Waals surface area contributed by atoms with E-state index in [1.165, 1.54) is 0 Å². The number of nitro groups is 1. The monoisotopic (exact) mass is 442 g/mol. The van der Waals surface area contributed by atoms with E-state index >= 15 is 0 Å². The number of nitrogens with zero attached hydrogens (tertiary/aromatic N) is 3. The van der Waals surface area contributed by atoms with Gasteiger partial charge in [-0.25, -0.2) is 9.78 Å². The molecule has 0 unspecified atom stereocenters. The molecule has 0 spiro atoms. The van der Waals surface area contributed by atoms with E-state index in [4.69, 9.17) is 21.1 Å². The Morgan fingerprint density at radius 2 is 1.87 bits per heavy atom. The van der Waals surface area contributed by atoms with Crippen LogP contribution in [-0.2, 0) is 4.74 Å². The molecule has 0 amide bonds. The van der Waals surface area contributed by atoms with E-state index in [1.54, 1.807) is 57.2 Å². The van der Waals surface area contributed by atoms with Gasteiger partial charge in [-0.05, 0) is 56.2 Å². The molecule has 1 heterocycles. The molecular formula is C21H19ClN4O5. The van der Waals surface area contributed by atoms with Gasteiger partial charge in [0.05, 0.1) is 22.8 Å². The molecule has 1 aromatic heterocycles. The molecular weight excluding hydrogens is 424 g/mol. The molecule has 0 radical (unpaired) electrons. The van der Waals surface area contributed by atoms with Crippen LogP contribution >= 0.6 is 11.6 Å². The number of rotatable bonds is 7. The number of para-hydroxylation sites is 1. The number of esters is 1. The highest BCUT2D eigenvalue weighted by Gasteiger charge is 2.26. The van der Waals surface area contributed by atoms with Crippen molar-refractivity contribution in [3.63, 3.8) is 0 Å². The predicted molar refractivity (Wildman–Crippen MR) is 115 cm³/mol. The van der Waals surface area contributed by atoms with Crippen molar-refractivity contribution in [3.8, 4) is 11.6 Å². The molecule has 0 saturated carbocycles. The molecule has 3 rings (SSSR count). The number of carbonyl (C=O) groups is 1. The summed E-state index contributed by atoms with van der Waals surface area (Å²) in [4.78, 5) is 31.3. The van der Waals surface area contributed by atoms with Crippen LogP contribution in [-0.4, -0.2) is 27.5 Å². The lowest BCUT2D eigenvalue weighted by molar-refractivity contribution is -0.385. The number of aryl methyl sites for hydroxylation is 2. The number of carbonyl (C=O) groups excluding carboxylic acids is 1. The minimum Gasteiger partial charge on any atom is -0.462 e. The van der Waals surface area contributed by atoms with Crippen molar-refractivity contribution < 1.29 is 19.2 Å². The minimum atomic E-state index is -0.653. The molecule has 9 nitrogen and oxygen atoms in total. The first-order chi connectivity index (χ1) is 14.8. The summed E-state index contributed by atoms with van der Waals surface area (Å²) in [6.45, 7) is 5.48. The molecule has 2 aromatic carbocycles. The third-order valence-corrected chi connectivity index (χ3v) is 4.87. The average Bonchev–Trinajstić information content (AvgIpc) is 2.72. The van der Waals surface area contributed by atoms with E-state index in [0.717, 1.165) is 17.5 Å². The van der Waals surface area contributed by atoms with Crippen molar-refractivity contribution in [2.75, 3.05) is 11.9 Å². The lowest BCUT2D eigenvalue weighted by Crippen LogP contribution is -2.09. The number of halogens is 1. The van der Waals surface area contributed by atoms with Gasteiger partial charge < -0.3 is 14.8 Å². The van der Waals surface area contributed by atoms with Crippen LogP contribution in [0.5, 0.6) is 11.6 Å². The topological polar surface area (TPSA) is 116 Å². The highest BCUT2D eigenvalue weighted by Crippen LogP contribution is 2.37.